The van der Waals surface area contributed by atoms with Gasteiger partial charge in [-0.1, -0.05) is 40.7 Å². The van der Waals surface area contributed by atoms with E-state index in [-0.39, 0.29) is 16.9 Å². The Bertz CT molecular complexity index is 545. The number of nitrogens with two attached hydrogens (primary N) is 1. The van der Waals surface area contributed by atoms with Crippen molar-refractivity contribution in [2.45, 2.75) is 58.9 Å². The van der Waals surface area contributed by atoms with Crippen molar-refractivity contribution in [2.24, 2.45) is 17.1 Å². The molecule has 3 heteroatoms. The number of phenols is 1. The molecule has 1 aromatic carbocycles. The smallest absolute Gasteiger partial charge is 0.120 e. The van der Waals surface area contributed by atoms with Crippen LogP contribution in [0.15, 0.2) is 18.2 Å². The molecule has 0 amide bonds. The van der Waals surface area contributed by atoms with Gasteiger partial charge in [-0.05, 0) is 60.9 Å². The quantitative estimate of drug-likeness (QED) is 0.880. The molecule has 2 unspecified atom stereocenters. The van der Waals surface area contributed by atoms with Gasteiger partial charge in [0.2, 0.25) is 0 Å². The highest BCUT2D eigenvalue weighted by molar-refractivity contribution is 5.41. The SMILES string of the molecule is CN1CC(CN)CC1c1cc(C(C)(C)CC(C)(C)C)ccc1O. The highest BCUT2D eigenvalue weighted by atomic mass is 16.3. The molecule has 1 aliphatic rings. The van der Waals surface area contributed by atoms with Crippen LogP contribution in [-0.2, 0) is 5.41 Å². The lowest BCUT2D eigenvalue weighted by molar-refractivity contribution is 0.282. The molecule has 0 bridgehead atoms. The van der Waals surface area contributed by atoms with Crippen LogP contribution < -0.4 is 5.73 Å². The first kappa shape index (κ1) is 18.3. The minimum absolute atomic E-state index is 0.0884. The van der Waals surface area contributed by atoms with Crippen molar-refractivity contribution >= 4 is 0 Å². The molecule has 1 saturated heterocycles. The highest BCUT2D eigenvalue weighted by Gasteiger charge is 2.33. The minimum Gasteiger partial charge on any atom is -0.508 e. The van der Waals surface area contributed by atoms with Crippen LogP contribution in [0.25, 0.3) is 0 Å². The largest absolute Gasteiger partial charge is 0.508 e. The number of likely N-dealkylation sites (tertiary alicyclic amines) is 1. The predicted molar refractivity (Wildman–Crippen MR) is 97.7 cm³/mol. The lowest BCUT2D eigenvalue weighted by atomic mass is 9.72. The summed E-state index contributed by atoms with van der Waals surface area (Å²) in [5.74, 6) is 0.936. The average molecular weight is 319 g/mol. The summed E-state index contributed by atoms with van der Waals surface area (Å²) in [7, 11) is 2.13. The lowest BCUT2D eigenvalue weighted by Gasteiger charge is -2.34. The molecule has 1 heterocycles. The summed E-state index contributed by atoms with van der Waals surface area (Å²) in [5, 5.41) is 10.4. The van der Waals surface area contributed by atoms with Crippen molar-refractivity contribution < 1.29 is 5.11 Å². The number of nitrogens with zero attached hydrogens (tertiary/aromatic N) is 1. The van der Waals surface area contributed by atoms with E-state index in [1.165, 1.54) is 5.56 Å². The van der Waals surface area contributed by atoms with Crippen molar-refractivity contribution in [3.63, 3.8) is 0 Å². The van der Waals surface area contributed by atoms with Crippen LogP contribution in [0.1, 0.15) is 64.6 Å². The van der Waals surface area contributed by atoms with E-state index in [4.69, 9.17) is 5.73 Å². The Morgan fingerprint density at radius 1 is 1.22 bits per heavy atom. The lowest BCUT2D eigenvalue weighted by Crippen LogP contribution is -2.25. The van der Waals surface area contributed by atoms with Crippen LogP contribution in [0.2, 0.25) is 0 Å². The molecule has 2 rings (SSSR count). The third kappa shape index (κ3) is 4.27. The van der Waals surface area contributed by atoms with E-state index in [0.717, 1.165) is 31.5 Å². The van der Waals surface area contributed by atoms with Gasteiger partial charge in [0.1, 0.15) is 5.75 Å². The first-order chi connectivity index (χ1) is 10.5. The summed E-state index contributed by atoms with van der Waals surface area (Å²) in [5.41, 5.74) is 8.58. The summed E-state index contributed by atoms with van der Waals surface area (Å²) < 4.78 is 0. The number of hydrogen-bond donors (Lipinski definition) is 2. The van der Waals surface area contributed by atoms with Crippen molar-refractivity contribution in [1.82, 2.24) is 4.90 Å². The summed E-state index contributed by atoms with van der Waals surface area (Å²) in [4.78, 5) is 2.33. The van der Waals surface area contributed by atoms with Crippen molar-refractivity contribution in [3.05, 3.63) is 29.3 Å². The van der Waals surface area contributed by atoms with Crippen molar-refractivity contribution in [2.75, 3.05) is 20.1 Å². The number of aromatic hydroxyl groups is 1. The molecule has 3 nitrogen and oxygen atoms in total. The van der Waals surface area contributed by atoms with E-state index < -0.39 is 0 Å². The molecule has 0 saturated carbocycles. The Balaban J connectivity index is 2.33. The first-order valence-corrected chi connectivity index (χ1v) is 8.77. The fourth-order valence-electron chi connectivity index (χ4n) is 4.31. The van der Waals surface area contributed by atoms with Gasteiger partial charge in [0.15, 0.2) is 0 Å². The summed E-state index contributed by atoms with van der Waals surface area (Å²) in [6.07, 6.45) is 2.14. The topological polar surface area (TPSA) is 49.5 Å². The summed E-state index contributed by atoms with van der Waals surface area (Å²) in [6.45, 7) is 13.2. The molecule has 0 aliphatic carbocycles. The number of benzene rings is 1. The maximum absolute atomic E-state index is 10.4. The zero-order valence-electron chi connectivity index (χ0n) is 15.7. The molecule has 0 spiro atoms. The molecule has 0 radical (unpaired) electrons. The van der Waals surface area contributed by atoms with Crippen LogP contribution in [0.4, 0.5) is 0 Å². The molecule has 3 N–H and O–H groups in total. The molecule has 130 valence electrons. The van der Waals surface area contributed by atoms with Gasteiger partial charge < -0.3 is 10.8 Å². The zero-order chi connectivity index (χ0) is 17.4. The molecule has 1 fully saturated rings. The monoisotopic (exact) mass is 318 g/mol. The average Bonchev–Trinajstić information content (AvgIpc) is 2.77. The van der Waals surface area contributed by atoms with Gasteiger partial charge in [-0.3, -0.25) is 4.90 Å². The van der Waals surface area contributed by atoms with E-state index in [2.05, 4.69) is 58.7 Å². The Hall–Kier alpha value is -1.06. The second kappa shape index (κ2) is 6.45. The maximum atomic E-state index is 10.4. The van der Waals surface area contributed by atoms with E-state index in [1.807, 2.05) is 6.07 Å². The summed E-state index contributed by atoms with van der Waals surface area (Å²) in [6, 6.07) is 6.45. The third-order valence-corrected chi connectivity index (χ3v) is 5.11. The number of hydrogen-bond acceptors (Lipinski definition) is 3. The normalized spacial score (nSPS) is 23.4. The van der Waals surface area contributed by atoms with Gasteiger partial charge in [-0.15, -0.1) is 0 Å². The third-order valence-electron chi connectivity index (χ3n) is 5.11. The predicted octanol–water partition coefficient (Wildman–Crippen LogP) is 4.06. The minimum atomic E-state index is 0.0884. The van der Waals surface area contributed by atoms with E-state index in [0.29, 0.717) is 11.7 Å². The Morgan fingerprint density at radius 2 is 1.87 bits per heavy atom. The number of rotatable bonds is 4. The van der Waals surface area contributed by atoms with Gasteiger partial charge in [-0.25, -0.2) is 0 Å². The second-order valence-corrected chi connectivity index (χ2v) is 9.19. The maximum Gasteiger partial charge on any atom is 0.120 e. The van der Waals surface area contributed by atoms with Crippen LogP contribution in [0.5, 0.6) is 5.75 Å². The van der Waals surface area contributed by atoms with Crippen LogP contribution in [-0.4, -0.2) is 30.1 Å². The molecule has 1 aromatic rings. The fourth-order valence-corrected chi connectivity index (χ4v) is 4.31. The van der Waals surface area contributed by atoms with Gasteiger partial charge in [-0.2, -0.15) is 0 Å². The van der Waals surface area contributed by atoms with Gasteiger partial charge in [0.25, 0.3) is 0 Å². The molecular weight excluding hydrogens is 284 g/mol. The van der Waals surface area contributed by atoms with Gasteiger partial charge >= 0.3 is 0 Å². The standard InChI is InChI=1S/C20H34N2O/c1-19(2,3)13-20(4,5)15-7-8-18(23)16(10-15)17-9-14(11-21)12-22(17)6/h7-8,10,14,17,23H,9,11-13,21H2,1-6H3. The number of phenolic OH excluding ortho intramolecular Hbond substituents is 1. The Labute approximate surface area is 141 Å². The van der Waals surface area contributed by atoms with Crippen LogP contribution >= 0.6 is 0 Å². The van der Waals surface area contributed by atoms with Crippen molar-refractivity contribution in [1.29, 1.82) is 0 Å². The Kier molecular flexibility index (Phi) is 5.12. The molecule has 0 aromatic heterocycles. The molecule has 23 heavy (non-hydrogen) atoms. The molecule has 1 aliphatic heterocycles. The van der Waals surface area contributed by atoms with E-state index in [9.17, 15) is 5.11 Å². The van der Waals surface area contributed by atoms with Crippen LogP contribution in [0.3, 0.4) is 0 Å². The van der Waals surface area contributed by atoms with E-state index >= 15 is 0 Å². The zero-order valence-corrected chi connectivity index (χ0v) is 15.7. The summed E-state index contributed by atoms with van der Waals surface area (Å²) >= 11 is 0. The fraction of sp³-hybridized carbons (Fsp3) is 0.700. The van der Waals surface area contributed by atoms with Crippen LogP contribution in [0, 0.1) is 11.3 Å². The Morgan fingerprint density at radius 3 is 2.39 bits per heavy atom. The second-order valence-electron chi connectivity index (χ2n) is 9.19. The molecular formula is C20H34N2O. The molecule has 2 atom stereocenters. The van der Waals surface area contributed by atoms with E-state index in [1.54, 1.807) is 0 Å². The van der Waals surface area contributed by atoms with Gasteiger partial charge in [0.05, 0.1) is 0 Å². The highest BCUT2D eigenvalue weighted by Crippen LogP contribution is 2.42. The van der Waals surface area contributed by atoms with Gasteiger partial charge in [0, 0.05) is 18.2 Å². The first-order valence-electron chi connectivity index (χ1n) is 8.77. The van der Waals surface area contributed by atoms with Crippen molar-refractivity contribution in [3.8, 4) is 5.75 Å².